The minimum atomic E-state index is 0. The molecule has 0 heterocycles. The first-order chi connectivity index (χ1) is 2.77. The summed E-state index contributed by atoms with van der Waals surface area (Å²) in [6, 6.07) is 0. The Morgan fingerprint density at radius 1 is 1.29 bits per heavy atom. The van der Waals surface area contributed by atoms with Crippen LogP contribution in [0.5, 0.6) is 0 Å². The summed E-state index contributed by atoms with van der Waals surface area (Å²) in [6.45, 7) is 6.73. The Morgan fingerprint density at radius 2 is 1.71 bits per heavy atom. The van der Waals surface area contributed by atoms with Gasteiger partial charge in [-0.25, -0.2) is 0 Å². The third-order valence-corrected chi connectivity index (χ3v) is 0.866. The monoisotopic (exact) mass is 281 g/mol. The first kappa shape index (κ1) is 10.6. The smallest absolute Gasteiger partial charge is 0 e. The molecule has 0 nitrogen and oxygen atoms in total. The van der Waals surface area contributed by atoms with Gasteiger partial charge in [-0.05, 0) is 5.92 Å². The van der Waals surface area contributed by atoms with Crippen molar-refractivity contribution in [1.29, 1.82) is 0 Å². The third kappa shape index (κ3) is 10.8. The fourth-order valence-corrected chi connectivity index (χ4v) is 0.577. The van der Waals surface area contributed by atoms with E-state index in [1.807, 2.05) is 0 Å². The third-order valence-electron chi connectivity index (χ3n) is 0.866. The number of hydrogen-bond acceptors (Lipinski definition) is 0. The zero-order valence-electron chi connectivity index (χ0n) is 5.31. The van der Waals surface area contributed by atoms with Crippen molar-refractivity contribution >= 4 is 0 Å². The first-order valence-corrected chi connectivity index (χ1v) is 2.77. The van der Waals surface area contributed by atoms with Crippen molar-refractivity contribution in [2.45, 2.75) is 33.6 Å². The molecule has 0 bridgehead atoms. The van der Waals surface area contributed by atoms with E-state index >= 15 is 0 Å². The van der Waals surface area contributed by atoms with Crippen LogP contribution in [0.3, 0.4) is 0 Å². The zero-order valence-corrected chi connectivity index (χ0v) is 7.58. The van der Waals surface area contributed by atoms with Gasteiger partial charge >= 0.3 is 0 Å². The van der Waals surface area contributed by atoms with Crippen molar-refractivity contribution in [3.63, 3.8) is 0 Å². The normalized spacial score (nSPS) is 8.57. The van der Waals surface area contributed by atoms with Gasteiger partial charge in [0.1, 0.15) is 0 Å². The first-order valence-electron chi connectivity index (χ1n) is 2.77. The van der Waals surface area contributed by atoms with Crippen LogP contribution < -0.4 is 0 Å². The Bertz CT molecular complexity index is 25.4. The molecular weight excluding hydrogens is 267 g/mol. The van der Waals surface area contributed by atoms with E-state index < -0.39 is 0 Å². The molecule has 0 aromatic carbocycles. The summed E-state index contributed by atoms with van der Waals surface area (Å²) in [4.78, 5) is 0. The molecular formula is C6H14Pt. The maximum absolute atomic E-state index is 2.25. The van der Waals surface area contributed by atoms with Gasteiger partial charge in [0.05, 0.1) is 0 Å². The molecule has 1 heteroatoms. The fraction of sp³-hybridized carbons (Fsp3) is 1.00. The van der Waals surface area contributed by atoms with Gasteiger partial charge in [-0.1, -0.05) is 33.6 Å². The molecule has 0 rings (SSSR count). The van der Waals surface area contributed by atoms with E-state index in [9.17, 15) is 0 Å². The van der Waals surface area contributed by atoms with Gasteiger partial charge in [0.15, 0.2) is 0 Å². The molecule has 0 aliphatic heterocycles. The Labute approximate surface area is 61.0 Å². The van der Waals surface area contributed by atoms with E-state index in [-0.39, 0.29) is 21.1 Å². The Morgan fingerprint density at radius 3 is 1.71 bits per heavy atom. The van der Waals surface area contributed by atoms with E-state index in [4.69, 9.17) is 0 Å². The van der Waals surface area contributed by atoms with Crippen LogP contribution in [0.15, 0.2) is 0 Å². The van der Waals surface area contributed by atoms with Crippen LogP contribution >= 0.6 is 0 Å². The molecule has 7 heavy (non-hydrogen) atoms. The van der Waals surface area contributed by atoms with Gasteiger partial charge in [-0.3, -0.25) is 0 Å². The van der Waals surface area contributed by atoms with Crippen molar-refractivity contribution in [2.75, 3.05) is 0 Å². The summed E-state index contributed by atoms with van der Waals surface area (Å²) in [5.74, 6) is 0.898. The second kappa shape index (κ2) is 6.69. The fourth-order valence-electron chi connectivity index (χ4n) is 0.577. The Kier molecular flexibility index (Phi) is 10.2. The molecule has 0 spiro atoms. The van der Waals surface area contributed by atoms with Crippen molar-refractivity contribution < 1.29 is 21.1 Å². The summed E-state index contributed by atoms with van der Waals surface area (Å²) in [5, 5.41) is 0. The molecule has 0 unspecified atom stereocenters. The Balaban J connectivity index is 0. The van der Waals surface area contributed by atoms with E-state index in [0.717, 1.165) is 5.92 Å². The molecule has 0 saturated carbocycles. The molecule has 0 amide bonds. The molecule has 48 valence electrons. The quantitative estimate of drug-likeness (QED) is 0.729. The molecule has 0 aliphatic rings. The summed E-state index contributed by atoms with van der Waals surface area (Å²) < 4.78 is 0. The topological polar surface area (TPSA) is 0 Å². The predicted molar refractivity (Wildman–Crippen MR) is 29.7 cm³/mol. The molecule has 0 fully saturated rings. The molecule has 0 aromatic heterocycles. The molecule has 0 radical (unpaired) electrons. The van der Waals surface area contributed by atoms with Crippen LogP contribution in [0.2, 0.25) is 0 Å². The average Bonchev–Trinajstić information content (AvgIpc) is 1.35. The van der Waals surface area contributed by atoms with Crippen LogP contribution in [-0.2, 0) is 21.1 Å². The molecule has 0 saturated heterocycles. The van der Waals surface area contributed by atoms with Crippen molar-refractivity contribution in [2.24, 2.45) is 5.92 Å². The summed E-state index contributed by atoms with van der Waals surface area (Å²) >= 11 is 0. The van der Waals surface area contributed by atoms with Crippen LogP contribution in [-0.4, -0.2) is 0 Å². The van der Waals surface area contributed by atoms with E-state index in [2.05, 4.69) is 20.8 Å². The van der Waals surface area contributed by atoms with Gasteiger partial charge < -0.3 is 0 Å². The standard InChI is InChI=1S/C6H14.Pt/c1-4-5-6(2)3;/h6H,4-5H2,1-3H3;. The maximum atomic E-state index is 2.25. The van der Waals surface area contributed by atoms with Gasteiger partial charge in [0.25, 0.3) is 0 Å². The summed E-state index contributed by atoms with van der Waals surface area (Å²) in [7, 11) is 0. The van der Waals surface area contributed by atoms with E-state index in [1.165, 1.54) is 12.8 Å². The zero-order chi connectivity index (χ0) is 4.99. The average molecular weight is 281 g/mol. The second-order valence-electron chi connectivity index (χ2n) is 2.18. The van der Waals surface area contributed by atoms with Crippen molar-refractivity contribution in [3.8, 4) is 0 Å². The summed E-state index contributed by atoms with van der Waals surface area (Å²) in [5.41, 5.74) is 0. The van der Waals surface area contributed by atoms with Gasteiger partial charge in [0.2, 0.25) is 0 Å². The van der Waals surface area contributed by atoms with Crippen LogP contribution in [0.1, 0.15) is 33.6 Å². The predicted octanol–water partition coefficient (Wildman–Crippen LogP) is 2.44. The maximum Gasteiger partial charge on any atom is 0 e. The number of rotatable bonds is 2. The van der Waals surface area contributed by atoms with Crippen molar-refractivity contribution in [1.82, 2.24) is 0 Å². The van der Waals surface area contributed by atoms with Crippen LogP contribution in [0.25, 0.3) is 0 Å². The minimum absolute atomic E-state index is 0. The van der Waals surface area contributed by atoms with Gasteiger partial charge in [0, 0.05) is 21.1 Å². The van der Waals surface area contributed by atoms with Gasteiger partial charge in [-0.2, -0.15) is 0 Å². The largest absolute Gasteiger partial charge is 0.0654 e. The van der Waals surface area contributed by atoms with E-state index in [1.54, 1.807) is 0 Å². The molecule has 0 N–H and O–H groups in total. The molecule has 0 aromatic rings. The summed E-state index contributed by atoms with van der Waals surface area (Å²) in [6.07, 6.45) is 2.71. The SMILES string of the molecule is CCCC(C)C.[Pt]. The molecule has 0 atom stereocenters. The van der Waals surface area contributed by atoms with Crippen LogP contribution in [0.4, 0.5) is 0 Å². The second-order valence-corrected chi connectivity index (χ2v) is 2.18. The van der Waals surface area contributed by atoms with E-state index in [0.29, 0.717) is 0 Å². The molecule has 0 aliphatic carbocycles. The van der Waals surface area contributed by atoms with Gasteiger partial charge in [-0.15, -0.1) is 0 Å². The van der Waals surface area contributed by atoms with Crippen molar-refractivity contribution in [3.05, 3.63) is 0 Å². The number of hydrogen-bond donors (Lipinski definition) is 0. The minimum Gasteiger partial charge on any atom is -0.0654 e. The Hall–Kier alpha value is 0.688. The van der Waals surface area contributed by atoms with Crippen LogP contribution in [0, 0.1) is 5.92 Å².